The Morgan fingerprint density at radius 1 is 1.42 bits per heavy atom. The summed E-state index contributed by atoms with van der Waals surface area (Å²) in [4.78, 5) is 2.42. The molecule has 1 aromatic rings. The van der Waals surface area contributed by atoms with Crippen LogP contribution in [0.1, 0.15) is 44.1 Å². The smallest absolute Gasteiger partial charge is 0.117 e. The van der Waals surface area contributed by atoms with Crippen molar-refractivity contribution in [3.8, 4) is 0 Å². The van der Waals surface area contributed by atoms with Gasteiger partial charge in [-0.2, -0.15) is 0 Å². The van der Waals surface area contributed by atoms with E-state index >= 15 is 0 Å². The molecule has 0 spiro atoms. The van der Waals surface area contributed by atoms with Gasteiger partial charge in [-0.05, 0) is 51.9 Å². The quantitative estimate of drug-likeness (QED) is 0.885. The number of hydrogen-bond donors (Lipinski definition) is 1. The normalized spacial score (nSPS) is 27.9. The molecule has 19 heavy (non-hydrogen) atoms. The Hall–Kier alpha value is -0.800. The summed E-state index contributed by atoms with van der Waals surface area (Å²) in [7, 11) is 4.44. The molecule has 0 bridgehead atoms. The van der Waals surface area contributed by atoms with Gasteiger partial charge in [0.2, 0.25) is 0 Å². The number of rotatable bonds is 5. The Kier molecular flexibility index (Phi) is 4.69. The van der Waals surface area contributed by atoms with Crippen molar-refractivity contribution in [3.63, 3.8) is 0 Å². The van der Waals surface area contributed by atoms with Gasteiger partial charge in [-0.15, -0.1) is 0 Å². The van der Waals surface area contributed by atoms with E-state index in [2.05, 4.69) is 37.3 Å². The van der Waals surface area contributed by atoms with E-state index in [4.69, 9.17) is 4.42 Å². The van der Waals surface area contributed by atoms with Crippen LogP contribution >= 0.6 is 0 Å². The highest BCUT2D eigenvalue weighted by molar-refractivity contribution is 5.05. The third kappa shape index (κ3) is 3.61. The molecule has 1 aliphatic carbocycles. The van der Waals surface area contributed by atoms with Crippen molar-refractivity contribution in [3.05, 3.63) is 23.7 Å². The fourth-order valence-corrected chi connectivity index (χ4v) is 3.36. The van der Waals surface area contributed by atoms with Crippen LogP contribution in [0.3, 0.4) is 0 Å². The maximum absolute atomic E-state index is 5.61. The first kappa shape index (κ1) is 14.6. The third-order valence-electron chi connectivity index (χ3n) is 4.57. The fraction of sp³-hybridized carbons (Fsp3) is 0.750. The summed E-state index contributed by atoms with van der Waals surface area (Å²) in [6.45, 7) is 6.25. The average molecular weight is 264 g/mol. The van der Waals surface area contributed by atoms with Crippen LogP contribution in [0.15, 0.2) is 16.5 Å². The standard InChI is InChI=1S/C16H28N2O/c1-13-6-5-9-16(10-13,18(3)4)12-17-11-15-8-7-14(2)19-15/h7-8,13,17H,5-6,9-12H2,1-4H3. The number of aryl methyl sites for hydroxylation is 1. The van der Waals surface area contributed by atoms with Gasteiger partial charge in [0.25, 0.3) is 0 Å². The molecule has 2 rings (SSSR count). The Morgan fingerprint density at radius 2 is 2.21 bits per heavy atom. The van der Waals surface area contributed by atoms with E-state index in [1.165, 1.54) is 25.7 Å². The molecule has 108 valence electrons. The van der Waals surface area contributed by atoms with E-state index in [0.29, 0.717) is 5.54 Å². The Bertz CT molecular complexity index is 399. The zero-order chi connectivity index (χ0) is 13.9. The molecular weight excluding hydrogens is 236 g/mol. The summed E-state index contributed by atoms with van der Waals surface area (Å²) in [5.41, 5.74) is 0.319. The van der Waals surface area contributed by atoms with Crippen LogP contribution in [0.4, 0.5) is 0 Å². The molecule has 1 heterocycles. The molecular formula is C16H28N2O. The van der Waals surface area contributed by atoms with Crippen LogP contribution in [-0.4, -0.2) is 31.1 Å². The molecule has 0 aromatic carbocycles. The monoisotopic (exact) mass is 264 g/mol. The first-order chi connectivity index (χ1) is 9.02. The van der Waals surface area contributed by atoms with Crippen LogP contribution in [-0.2, 0) is 6.54 Å². The molecule has 3 heteroatoms. The second-order valence-corrected chi connectivity index (χ2v) is 6.44. The molecule has 1 aromatic heterocycles. The summed E-state index contributed by atoms with van der Waals surface area (Å²) in [6, 6.07) is 4.09. The van der Waals surface area contributed by atoms with Gasteiger partial charge < -0.3 is 14.6 Å². The molecule has 0 saturated heterocycles. The van der Waals surface area contributed by atoms with Crippen molar-refractivity contribution < 1.29 is 4.42 Å². The van der Waals surface area contributed by atoms with Crippen molar-refractivity contribution in [1.29, 1.82) is 0 Å². The fourth-order valence-electron chi connectivity index (χ4n) is 3.36. The Balaban J connectivity index is 1.90. The summed E-state index contributed by atoms with van der Waals surface area (Å²) >= 11 is 0. The Labute approximate surface area is 117 Å². The maximum atomic E-state index is 5.61. The number of hydrogen-bond acceptors (Lipinski definition) is 3. The molecule has 3 nitrogen and oxygen atoms in total. The van der Waals surface area contributed by atoms with E-state index in [9.17, 15) is 0 Å². The van der Waals surface area contributed by atoms with Gasteiger partial charge in [0.1, 0.15) is 11.5 Å². The van der Waals surface area contributed by atoms with Crippen molar-refractivity contribution in [2.45, 2.75) is 51.6 Å². The van der Waals surface area contributed by atoms with Crippen LogP contribution in [0.2, 0.25) is 0 Å². The van der Waals surface area contributed by atoms with Gasteiger partial charge in [-0.1, -0.05) is 19.8 Å². The lowest BCUT2D eigenvalue weighted by atomic mass is 9.75. The van der Waals surface area contributed by atoms with Gasteiger partial charge >= 0.3 is 0 Å². The van der Waals surface area contributed by atoms with Crippen LogP contribution in [0.25, 0.3) is 0 Å². The minimum absolute atomic E-state index is 0.319. The minimum Gasteiger partial charge on any atom is -0.465 e. The van der Waals surface area contributed by atoms with Crippen LogP contribution in [0, 0.1) is 12.8 Å². The van der Waals surface area contributed by atoms with Gasteiger partial charge in [0, 0.05) is 12.1 Å². The third-order valence-corrected chi connectivity index (χ3v) is 4.57. The second kappa shape index (κ2) is 6.10. The molecule has 0 radical (unpaired) electrons. The Morgan fingerprint density at radius 3 is 2.79 bits per heavy atom. The average Bonchev–Trinajstić information content (AvgIpc) is 2.75. The number of nitrogens with zero attached hydrogens (tertiary/aromatic N) is 1. The van der Waals surface area contributed by atoms with E-state index in [0.717, 1.165) is 30.5 Å². The van der Waals surface area contributed by atoms with Crippen LogP contribution < -0.4 is 5.32 Å². The molecule has 1 fully saturated rings. The second-order valence-electron chi connectivity index (χ2n) is 6.44. The van der Waals surface area contributed by atoms with Crippen molar-refractivity contribution in [1.82, 2.24) is 10.2 Å². The lowest BCUT2D eigenvalue weighted by Gasteiger charge is -2.45. The largest absolute Gasteiger partial charge is 0.465 e. The van der Waals surface area contributed by atoms with Gasteiger partial charge in [-0.3, -0.25) is 0 Å². The van der Waals surface area contributed by atoms with Gasteiger partial charge in [0.05, 0.1) is 6.54 Å². The first-order valence-corrected chi connectivity index (χ1v) is 7.45. The number of nitrogens with one attached hydrogen (secondary N) is 1. The molecule has 1 aliphatic rings. The zero-order valence-electron chi connectivity index (χ0n) is 12.8. The van der Waals surface area contributed by atoms with Gasteiger partial charge in [-0.25, -0.2) is 0 Å². The highest BCUT2D eigenvalue weighted by Crippen LogP contribution is 2.35. The number of furan rings is 1. The van der Waals surface area contributed by atoms with E-state index < -0.39 is 0 Å². The zero-order valence-corrected chi connectivity index (χ0v) is 12.8. The first-order valence-electron chi connectivity index (χ1n) is 7.45. The van der Waals surface area contributed by atoms with E-state index in [-0.39, 0.29) is 0 Å². The SMILES string of the molecule is Cc1ccc(CNCC2(N(C)C)CCCC(C)C2)o1. The topological polar surface area (TPSA) is 28.4 Å². The van der Waals surface area contributed by atoms with Crippen molar-refractivity contribution >= 4 is 0 Å². The lowest BCUT2D eigenvalue weighted by molar-refractivity contribution is 0.0745. The summed E-state index contributed by atoms with van der Waals surface area (Å²) in [5.74, 6) is 2.87. The van der Waals surface area contributed by atoms with Gasteiger partial charge in [0.15, 0.2) is 0 Å². The summed E-state index contributed by atoms with van der Waals surface area (Å²) < 4.78 is 5.61. The highest BCUT2D eigenvalue weighted by Gasteiger charge is 2.36. The molecule has 1 saturated carbocycles. The summed E-state index contributed by atoms with van der Waals surface area (Å²) in [5, 5.41) is 3.59. The molecule has 0 aliphatic heterocycles. The van der Waals surface area contributed by atoms with Crippen molar-refractivity contribution in [2.75, 3.05) is 20.6 Å². The highest BCUT2D eigenvalue weighted by atomic mass is 16.3. The molecule has 1 N–H and O–H groups in total. The van der Waals surface area contributed by atoms with Crippen LogP contribution in [0.5, 0.6) is 0 Å². The lowest BCUT2D eigenvalue weighted by Crippen LogP contribution is -2.54. The summed E-state index contributed by atoms with van der Waals surface area (Å²) in [6.07, 6.45) is 5.33. The molecule has 2 unspecified atom stereocenters. The maximum Gasteiger partial charge on any atom is 0.117 e. The minimum atomic E-state index is 0.319. The molecule has 2 atom stereocenters. The number of likely N-dealkylation sites (N-methyl/N-ethyl adjacent to an activating group) is 1. The predicted octanol–water partition coefficient (Wildman–Crippen LogP) is 3.19. The van der Waals surface area contributed by atoms with Crippen molar-refractivity contribution in [2.24, 2.45) is 5.92 Å². The predicted molar refractivity (Wildman–Crippen MR) is 79.2 cm³/mol. The van der Waals surface area contributed by atoms with E-state index in [1.807, 2.05) is 13.0 Å². The van der Waals surface area contributed by atoms with E-state index in [1.54, 1.807) is 0 Å². The molecule has 0 amide bonds.